The van der Waals surface area contributed by atoms with E-state index in [4.69, 9.17) is 11.6 Å². The maximum Gasteiger partial charge on any atom is 0.252 e. The number of thiophene rings is 1. The second kappa shape index (κ2) is 10.8. The lowest BCUT2D eigenvalue weighted by Gasteiger charge is -2.21. The van der Waals surface area contributed by atoms with Gasteiger partial charge in [0.25, 0.3) is 5.91 Å². The monoisotopic (exact) mass is 392 g/mol. The summed E-state index contributed by atoms with van der Waals surface area (Å²) in [4.78, 5) is 20.2. The van der Waals surface area contributed by atoms with E-state index in [1.165, 1.54) is 4.88 Å². The van der Waals surface area contributed by atoms with Crippen molar-refractivity contribution in [1.82, 2.24) is 15.5 Å². The Bertz CT molecular complexity index is 718. The van der Waals surface area contributed by atoms with Gasteiger partial charge in [0.2, 0.25) is 0 Å². The summed E-state index contributed by atoms with van der Waals surface area (Å²) in [5, 5.41) is 8.69. The average Bonchev–Trinajstić information content (AvgIpc) is 3.16. The molecule has 0 saturated heterocycles. The van der Waals surface area contributed by atoms with Crippen molar-refractivity contribution >= 4 is 34.8 Å². The van der Waals surface area contributed by atoms with Gasteiger partial charge in [-0.1, -0.05) is 29.8 Å². The van der Waals surface area contributed by atoms with Crippen LogP contribution in [0.25, 0.3) is 0 Å². The van der Waals surface area contributed by atoms with E-state index in [9.17, 15) is 4.79 Å². The molecule has 0 aliphatic carbocycles. The number of carbonyl (C=O) groups is 1. The number of rotatable bonds is 8. The number of halogens is 1. The zero-order chi connectivity index (χ0) is 18.8. The molecule has 2 rings (SSSR count). The Morgan fingerprint density at radius 3 is 2.73 bits per heavy atom. The van der Waals surface area contributed by atoms with Crippen LogP contribution in [0.2, 0.25) is 5.02 Å². The molecule has 26 heavy (non-hydrogen) atoms. The molecule has 2 N–H and O–H groups in total. The van der Waals surface area contributed by atoms with Gasteiger partial charge in [0.15, 0.2) is 5.96 Å². The smallest absolute Gasteiger partial charge is 0.252 e. The molecule has 0 radical (unpaired) electrons. The van der Waals surface area contributed by atoms with E-state index in [0.29, 0.717) is 23.7 Å². The topological polar surface area (TPSA) is 56.7 Å². The number of guanidine groups is 1. The van der Waals surface area contributed by atoms with E-state index in [2.05, 4.69) is 38.0 Å². The fraction of sp³-hybridized carbons (Fsp3) is 0.368. The third-order valence-electron chi connectivity index (χ3n) is 3.75. The van der Waals surface area contributed by atoms with Gasteiger partial charge in [0.1, 0.15) is 0 Å². The highest BCUT2D eigenvalue weighted by Crippen LogP contribution is 2.14. The standard InChI is InChI=1S/C19H25ClN4OS/c1-3-21-19(24(2)13-10-15-7-6-14-26-15)23-12-11-22-18(25)16-8-4-5-9-17(16)20/h4-9,14H,3,10-13H2,1-2H3,(H,21,23)(H,22,25). The molecule has 0 bridgehead atoms. The third kappa shape index (κ3) is 6.35. The minimum atomic E-state index is -0.179. The van der Waals surface area contributed by atoms with E-state index < -0.39 is 0 Å². The van der Waals surface area contributed by atoms with Crippen LogP contribution in [0.3, 0.4) is 0 Å². The van der Waals surface area contributed by atoms with Crippen molar-refractivity contribution in [2.75, 3.05) is 33.2 Å². The molecule has 0 saturated carbocycles. The van der Waals surface area contributed by atoms with Crippen LogP contribution in [0, 0.1) is 0 Å². The predicted molar refractivity (Wildman–Crippen MR) is 110 cm³/mol. The quantitative estimate of drug-likeness (QED) is 0.412. The maximum atomic E-state index is 12.1. The van der Waals surface area contributed by atoms with E-state index in [1.807, 2.05) is 14.0 Å². The second-order valence-electron chi connectivity index (χ2n) is 5.72. The van der Waals surface area contributed by atoms with Crippen molar-refractivity contribution in [2.45, 2.75) is 13.3 Å². The zero-order valence-electron chi connectivity index (χ0n) is 15.2. The van der Waals surface area contributed by atoms with Gasteiger partial charge in [-0.3, -0.25) is 9.79 Å². The zero-order valence-corrected chi connectivity index (χ0v) is 16.7. The van der Waals surface area contributed by atoms with Crippen LogP contribution in [-0.4, -0.2) is 50.0 Å². The molecular formula is C19H25ClN4OS. The summed E-state index contributed by atoms with van der Waals surface area (Å²) in [6.45, 7) is 4.69. The summed E-state index contributed by atoms with van der Waals surface area (Å²) >= 11 is 7.81. The number of hydrogen-bond donors (Lipinski definition) is 2. The minimum absolute atomic E-state index is 0.179. The molecule has 2 aromatic rings. The van der Waals surface area contributed by atoms with Crippen molar-refractivity contribution in [2.24, 2.45) is 4.99 Å². The van der Waals surface area contributed by atoms with Crippen molar-refractivity contribution in [1.29, 1.82) is 0 Å². The first-order chi connectivity index (χ1) is 12.6. The lowest BCUT2D eigenvalue weighted by atomic mass is 10.2. The van der Waals surface area contributed by atoms with Gasteiger partial charge in [-0.2, -0.15) is 0 Å². The van der Waals surface area contributed by atoms with Crippen LogP contribution >= 0.6 is 22.9 Å². The highest BCUT2D eigenvalue weighted by molar-refractivity contribution is 7.09. The van der Waals surface area contributed by atoms with Gasteiger partial charge < -0.3 is 15.5 Å². The number of likely N-dealkylation sites (N-methyl/N-ethyl adjacent to an activating group) is 1. The molecule has 7 heteroatoms. The molecule has 5 nitrogen and oxygen atoms in total. The Morgan fingerprint density at radius 1 is 1.23 bits per heavy atom. The first-order valence-electron chi connectivity index (χ1n) is 8.66. The van der Waals surface area contributed by atoms with Gasteiger partial charge >= 0.3 is 0 Å². The molecule has 0 fully saturated rings. The summed E-state index contributed by atoms with van der Waals surface area (Å²) in [5.41, 5.74) is 0.484. The summed E-state index contributed by atoms with van der Waals surface area (Å²) < 4.78 is 0. The Labute approximate surface area is 164 Å². The van der Waals surface area contributed by atoms with Crippen LogP contribution in [0.5, 0.6) is 0 Å². The van der Waals surface area contributed by atoms with E-state index in [1.54, 1.807) is 35.6 Å². The molecule has 1 aromatic heterocycles. The number of nitrogens with one attached hydrogen (secondary N) is 2. The molecule has 0 aliphatic rings. The molecule has 1 amide bonds. The Hall–Kier alpha value is -2.05. The summed E-state index contributed by atoms with van der Waals surface area (Å²) in [7, 11) is 2.03. The van der Waals surface area contributed by atoms with Crippen LogP contribution in [-0.2, 0) is 6.42 Å². The summed E-state index contributed by atoms with van der Waals surface area (Å²) in [5.74, 6) is 0.665. The first-order valence-corrected chi connectivity index (χ1v) is 9.92. The van der Waals surface area contributed by atoms with Gasteiger partial charge in [0.05, 0.1) is 17.1 Å². The summed E-state index contributed by atoms with van der Waals surface area (Å²) in [6, 6.07) is 11.2. The fourth-order valence-electron chi connectivity index (χ4n) is 2.38. The molecule has 0 unspecified atom stereocenters. The van der Waals surface area contributed by atoms with Gasteiger partial charge in [-0.25, -0.2) is 0 Å². The molecule has 140 valence electrons. The third-order valence-corrected chi connectivity index (χ3v) is 5.01. The van der Waals surface area contributed by atoms with Crippen LogP contribution < -0.4 is 10.6 Å². The maximum absolute atomic E-state index is 12.1. The fourth-order valence-corrected chi connectivity index (χ4v) is 3.30. The number of nitrogens with zero attached hydrogens (tertiary/aromatic N) is 2. The molecule has 1 aromatic carbocycles. The van der Waals surface area contributed by atoms with E-state index >= 15 is 0 Å². The number of hydrogen-bond acceptors (Lipinski definition) is 3. The second-order valence-corrected chi connectivity index (χ2v) is 7.16. The van der Waals surface area contributed by atoms with Crippen LogP contribution in [0.1, 0.15) is 22.2 Å². The van der Waals surface area contributed by atoms with Crippen molar-refractivity contribution in [3.63, 3.8) is 0 Å². The molecular weight excluding hydrogens is 368 g/mol. The first kappa shape index (κ1) is 20.3. The molecule has 0 aliphatic heterocycles. The number of carbonyl (C=O) groups excluding carboxylic acids is 1. The van der Waals surface area contributed by atoms with Crippen molar-refractivity contribution in [3.8, 4) is 0 Å². The van der Waals surface area contributed by atoms with E-state index in [0.717, 1.165) is 25.5 Å². The predicted octanol–water partition coefficient (Wildman–Crippen LogP) is 3.27. The van der Waals surface area contributed by atoms with Gasteiger partial charge in [0, 0.05) is 31.6 Å². The van der Waals surface area contributed by atoms with E-state index in [-0.39, 0.29) is 5.91 Å². The lowest BCUT2D eigenvalue weighted by Crippen LogP contribution is -2.40. The van der Waals surface area contributed by atoms with Crippen molar-refractivity contribution in [3.05, 3.63) is 57.2 Å². The van der Waals surface area contributed by atoms with Crippen LogP contribution in [0.4, 0.5) is 0 Å². The minimum Gasteiger partial charge on any atom is -0.357 e. The Balaban J connectivity index is 1.82. The van der Waals surface area contributed by atoms with Crippen LogP contribution in [0.15, 0.2) is 46.8 Å². The average molecular weight is 393 g/mol. The van der Waals surface area contributed by atoms with Gasteiger partial charge in [-0.05, 0) is 36.9 Å². The largest absolute Gasteiger partial charge is 0.357 e. The number of benzene rings is 1. The lowest BCUT2D eigenvalue weighted by molar-refractivity contribution is 0.0955. The molecule has 1 heterocycles. The highest BCUT2D eigenvalue weighted by atomic mass is 35.5. The van der Waals surface area contributed by atoms with Gasteiger partial charge in [-0.15, -0.1) is 11.3 Å². The highest BCUT2D eigenvalue weighted by Gasteiger charge is 2.09. The Morgan fingerprint density at radius 2 is 2.04 bits per heavy atom. The Kier molecular flexibility index (Phi) is 8.44. The summed E-state index contributed by atoms with van der Waals surface area (Å²) in [6.07, 6.45) is 0.988. The van der Waals surface area contributed by atoms with Crippen molar-refractivity contribution < 1.29 is 4.79 Å². The number of aliphatic imine (C=N–C) groups is 1. The molecule has 0 atom stereocenters. The number of amides is 1. The molecule has 0 spiro atoms. The SMILES string of the molecule is CCNC(=NCCNC(=O)c1ccccc1Cl)N(C)CCc1cccs1. The normalized spacial score (nSPS) is 11.3.